The van der Waals surface area contributed by atoms with Gasteiger partial charge in [0, 0.05) is 88.5 Å². The molecule has 1 aromatic carbocycles. The number of hydrogen-bond acceptors (Lipinski definition) is 10. The van der Waals surface area contributed by atoms with Crippen LogP contribution in [0.25, 0.3) is 5.57 Å². The summed E-state index contributed by atoms with van der Waals surface area (Å²) in [7, 11) is 2.74. The van der Waals surface area contributed by atoms with Crippen LogP contribution in [0.4, 0.5) is 29.5 Å². The first kappa shape index (κ1) is 42.4. The predicted molar refractivity (Wildman–Crippen MR) is 205 cm³/mol. The highest BCUT2D eigenvalue weighted by atomic mass is 35.5. The number of aromatic nitrogens is 3. The van der Waals surface area contributed by atoms with Crippen molar-refractivity contribution in [3.63, 3.8) is 0 Å². The van der Waals surface area contributed by atoms with Gasteiger partial charge in [0.25, 0.3) is 11.8 Å². The number of nitrogens with one attached hydrogen (secondary N) is 2. The molecule has 2 aliphatic rings. The lowest BCUT2D eigenvalue weighted by Gasteiger charge is -2.38. The SMILES string of the molecule is CN(/C=C(\C(=N)C(F)(F)F)c1cnc(C(=O)Nc2ccc(C(=O)N3CCN(C(=O)C4CCN(C(=O)OC(C)(C)C)CC4)CC3)c(Cl)c2)n1C)c1ccc(C=O)cn1. The summed E-state index contributed by atoms with van der Waals surface area (Å²) in [5, 5.41) is 10.5. The highest BCUT2D eigenvalue weighted by Gasteiger charge is 2.39. The molecule has 2 fully saturated rings. The third-order valence-electron chi connectivity index (χ3n) is 9.44. The van der Waals surface area contributed by atoms with Crippen LogP contribution in [0.5, 0.6) is 0 Å². The maximum absolute atomic E-state index is 13.8. The summed E-state index contributed by atoms with van der Waals surface area (Å²) >= 11 is 6.51. The monoisotopic (exact) mass is 813 g/mol. The minimum Gasteiger partial charge on any atom is -0.444 e. The van der Waals surface area contributed by atoms with Crippen LogP contribution in [0, 0.1) is 11.3 Å². The molecule has 2 N–H and O–H groups in total. The van der Waals surface area contributed by atoms with E-state index in [-0.39, 0.29) is 70.0 Å². The van der Waals surface area contributed by atoms with Gasteiger partial charge in [-0.25, -0.2) is 14.8 Å². The normalized spacial score (nSPS) is 15.6. The Balaban J connectivity index is 1.20. The first-order chi connectivity index (χ1) is 26.8. The van der Waals surface area contributed by atoms with Crippen molar-refractivity contribution in [2.75, 3.05) is 56.5 Å². The van der Waals surface area contributed by atoms with Gasteiger partial charge in [-0.15, -0.1) is 0 Å². The number of rotatable bonds is 9. The summed E-state index contributed by atoms with van der Waals surface area (Å²) < 4.78 is 48.1. The van der Waals surface area contributed by atoms with Gasteiger partial charge in [0.1, 0.15) is 17.1 Å². The Morgan fingerprint density at radius 2 is 1.60 bits per heavy atom. The number of anilines is 2. The molecule has 0 aliphatic carbocycles. The van der Waals surface area contributed by atoms with E-state index in [0.29, 0.717) is 45.3 Å². The molecular formula is C38H43ClF3N9O6. The van der Waals surface area contributed by atoms with Crippen LogP contribution in [0.15, 0.2) is 48.9 Å². The van der Waals surface area contributed by atoms with Crippen molar-refractivity contribution in [2.24, 2.45) is 13.0 Å². The fraction of sp³-hybridized carbons (Fsp3) is 0.421. The Labute approximate surface area is 331 Å². The van der Waals surface area contributed by atoms with E-state index in [9.17, 15) is 37.1 Å². The number of benzene rings is 1. The molecule has 2 aromatic heterocycles. The zero-order valence-electron chi connectivity index (χ0n) is 32.0. The molecule has 0 unspecified atom stereocenters. The lowest BCUT2D eigenvalue weighted by atomic mass is 9.95. The second kappa shape index (κ2) is 17.2. The van der Waals surface area contributed by atoms with Crippen molar-refractivity contribution in [3.05, 3.63) is 76.6 Å². The number of alkyl halides is 3. The van der Waals surface area contributed by atoms with Crippen LogP contribution in [0.1, 0.15) is 70.6 Å². The molecule has 0 radical (unpaired) electrons. The minimum atomic E-state index is -5.04. The van der Waals surface area contributed by atoms with Gasteiger partial charge in [-0.05, 0) is 63.9 Å². The van der Waals surface area contributed by atoms with E-state index in [1.807, 2.05) is 0 Å². The van der Waals surface area contributed by atoms with Gasteiger partial charge >= 0.3 is 12.3 Å². The minimum absolute atomic E-state index is 0.0124. The molecule has 19 heteroatoms. The molecular weight excluding hydrogens is 771 g/mol. The molecule has 4 amide bonds. The molecule has 0 atom stereocenters. The Hall–Kier alpha value is -5.78. The van der Waals surface area contributed by atoms with Gasteiger partial charge < -0.3 is 34.2 Å². The number of carbonyl (C=O) groups is 5. The molecule has 0 saturated carbocycles. The zero-order valence-corrected chi connectivity index (χ0v) is 32.8. The topological polar surface area (TPSA) is 174 Å². The van der Waals surface area contributed by atoms with Gasteiger partial charge in [0.2, 0.25) is 5.91 Å². The quantitative estimate of drug-likeness (QED) is 0.208. The molecule has 304 valence electrons. The summed E-state index contributed by atoms with van der Waals surface area (Å²) in [6.07, 6.45) is -0.510. The second-order valence-corrected chi connectivity index (χ2v) is 15.0. The standard InChI is InChI=1S/C38H43ClF3N9O6/c1-37(2,3)57-36(56)51-12-10-24(11-13-51)34(54)49-14-16-50(17-15-49)35(55)26-8-7-25(18-28(26)39)46-33(53)32-45-20-29(48(32)5)27(31(43)38(40,41)42)21-47(4)30-9-6-23(22-52)19-44-30/h6-9,18-22,24,43H,10-17H2,1-5H3,(H,46,53)/b27-21-,43-31?. The number of imidazole rings is 1. The highest BCUT2D eigenvalue weighted by Crippen LogP contribution is 2.30. The van der Waals surface area contributed by atoms with Crippen molar-refractivity contribution in [3.8, 4) is 0 Å². The van der Waals surface area contributed by atoms with E-state index in [0.717, 1.165) is 17.0 Å². The first-order valence-electron chi connectivity index (χ1n) is 18.0. The van der Waals surface area contributed by atoms with Gasteiger partial charge in [-0.1, -0.05) is 11.6 Å². The van der Waals surface area contributed by atoms with Crippen LogP contribution < -0.4 is 10.2 Å². The Kier molecular flexibility index (Phi) is 12.7. The average Bonchev–Trinajstić information content (AvgIpc) is 3.56. The molecule has 2 saturated heterocycles. The summed E-state index contributed by atoms with van der Waals surface area (Å²) in [6, 6.07) is 7.11. The third kappa shape index (κ3) is 10.2. The lowest BCUT2D eigenvalue weighted by Crippen LogP contribution is -2.53. The van der Waals surface area contributed by atoms with Crippen molar-refractivity contribution < 1.29 is 41.9 Å². The van der Waals surface area contributed by atoms with E-state index in [2.05, 4.69) is 15.3 Å². The maximum Gasteiger partial charge on any atom is 0.433 e. The summed E-state index contributed by atoms with van der Waals surface area (Å²) in [4.78, 5) is 77.7. The van der Waals surface area contributed by atoms with Crippen LogP contribution in [0.2, 0.25) is 5.02 Å². The fourth-order valence-electron chi connectivity index (χ4n) is 6.37. The number of likely N-dealkylation sites (tertiary alicyclic amines) is 1. The van der Waals surface area contributed by atoms with E-state index >= 15 is 0 Å². The van der Waals surface area contributed by atoms with Crippen molar-refractivity contribution in [1.29, 1.82) is 5.41 Å². The summed E-state index contributed by atoms with van der Waals surface area (Å²) in [5.74, 6) is -1.50. The average molecular weight is 814 g/mol. The number of carbonyl (C=O) groups excluding carboxylic acids is 5. The lowest BCUT2D eigenvalue weighted by molar-refractivity contribution is -0.138. The Morgan fingerprint density at radius 3 is 2.16 bits per heavy atom. The number of aldehydes is 1. The van der Waals surface area contributed by atoms with E-state index < -0.39 is 35.1 Å². The number of nitrogens with zero attached hydrogens (tertiary/aromatic N) is 7. The number of pyridine rings is 1. The molecule has 0 spiro atoms. The van der Waals surface area contributed by atoms with Crippen molar-refractivity contribution in [1.82, 2.24) is 29.2 Å². The number of halogens is 4. The maximum atomic E-state index is 13.8. The van der Waals surface area contributed by atoms with E-state index in [4.69, 9.17) is 21.7 Å². The number of ether oxygens (including phenoxy) is 1. The predicted octanol–water partition coefficient (Wildman–Crippen LogP) is 5.52. The van der Waals surface area contributed by atoms with Gasteiger partial charge in [-0.3, -0.25) is 24.6 Å². The van der Waals surface area contributed by atoms with E-state index in [1.165, 1.54) is 55.5 Å². The van der Waals surface area contributed by atoms with Crippen LogP contribution >= 0.6 is 11.6 Å². The van der Waals surface area contributed by atoms with E-state index in [1.54, 1.807) is 35.5 Å². The van der Waals surface area contributed by atoms with Crippen LogP contribution in [-0.4, -0.2) is 123 Å². The smallest absolute Gasteiger partial charge is 0.433 e. The van der Waals surface area contributed by atoms with Gasteiger partial charge in [0.15, 0.2) is 12.1 Å². The third-order valence-corrected chi connectivity index (χ3v) is 9.76. The number of amides is 4. The zero-order chi connectivity index (χ0) is 41.8. The van der Waals surface area contributed by atoms with Crippen molar-refractivity contribution >= 4 is 64.5 Å². The molecule has 57 heavy (non-hydrogen) atoms. The van der Waals surface area contributed by atoms with Gasteiger partial charge in [-0.2, -0.15) is 13.2 Å². The van der Waals surface area contributed by atoms with Crippen LogP contribution in [-0.2, 0) is 16.6 Å². The molecule has 0 bridgehead atoms. The Morgan fingerprint density at radius 1 is 0.947 bits per heavy atom. The fourth-order valence-corrected chi connectivity index (χ4v) is 6.63. The molecule has 4 heterocycles. The molecule has 5 rings (SSSR count). The molecule has 2 aliphatic heterocycles. The first-order valence-corrected chi connectivity index (χ1v) is 18.4. The number of piperidine rings is 1. The summed E-state index contributed by atoms with van der Waals surface area (Å²) in [5.41, 5.74) is -2.47. The van der Waals surface area contributed by atoms with Crippen molar-refractivity contribution in [2.45, 2.75) is 45.4 Å². The number of piperazine rings is 1. The second-order valence-electron chi connectivity index (χ2n) is 14.6. The number of hydrogen-bond donors (Lipinski definition) is 2. The van der Waals surface area contributed by atoms with Crippen LogP contribution in [0.3, 0.4) is 0 Å². The number of allylic oxidation sites excluding steroid dienone is 1. The molecule has 3 aromatic rings. The highest BCUT2D eigenvalue weighted by molar-refractivity contribution is 6.34. The molecule has 15 nitrogen and oxygen atoms in total. The van der Waals surface area contributed by atoms with Gasteiger partial charge in [0.05, 0.1) is 22.5 Å². The summed E-state index contributed by atoms with van der Waals surface area (Å²) in [6.45, 7) is 7.45. The Bertz CT molecular complexity index is 2060. The largest absolute Gasteiger partial charge is 0.444 e.